The van der Waals surface area contributed by atoms with Gasteiger partial charge in [0.15, 0.2) is 0 Å². The fourth-order valence-electron chi connectivity index (χ4n) is 4.84. The molecule has 0 atom stereocenters. The van der Waals surface area contributed by atoms with Crippen LogP contribution >= 0.6 is 0 Å². The summed E-state index contributed by atoms with van der Waals surface area (Å²) >= 11 is 0. The zero-order valence-electron chi connectivity index (χ0n) is 20.7. The quantitative estimate of drug-likeness (QED) is 0.530. The second-order valence-electron chi connectivity index (χ2n) is 9.27. The lowest BCUT2D eigenvalue weighted by atomic mass is 9.96. The number of halogens is 1. The van der Waals surface area contributed by atoms with Crippen molar-refractivity contribution in [2.24, 2.45) is 7.05 Å². The summed E-state index contributed by atoms with van der Waals surface area (Å²) in [6.07, 6.45) is 1.94. The second kappa shape index (κ2) is 10.4. The van der Waals surface area contributed by atoms with Crippen molar-refractivity contribution >= 4 is 5.69 Å². The molecule has 0 aliphatic carbocycles. The van der Waals surface area contributed by atoms with Crippen LogP contribution in [0.25, 0.3) is 22.4 Å². The van der Waals surface area contributed by atoms with Crippen molar-refractivity contribution < 1.29 is 9.13 Å². The minimum absolute atomic E-state index is 0.00461. The maximum Gasteiger partial charge on any atom is 0.274 e. The highest BCUT2D eigenvalue weighted by Crippen LogP contribution is 2.35. The molecule has 1 aliphatic rings. The SMILES string of the molecule is COCc1ccc(-c2c(-c3ccc(C#N)c(F)c3)cc(N3CCC(N(C)C)CC3)c(=O)n2C)cc1. The van der Waals surface area contributed by atoms with Crippen LogP contribution in [0.15, 0.2) is 53.3 Å². The smallest absolute Gasteiger partial charge is 0.274 e. The Morgan fingerprint density at radius 2 is 1.74 bits per heavy atom. The van der Waals surface area contributed by atoms with Crippen LogP contribution in [0, 0.1) is 17.1 Å². The number of nitrogens with zero attached hydrogens (tertiary/aromatic N) is 4. The van der Waals surface area contributed by atoms with Gasteiger partial charge in [0.1, 0.15) is 17.6 Å². The summed E-state index contributed by atoms with van der Waals surface area (Å²) in [6.45, 7) is 2.06. The van der Waals surface area contributed by atoms with E-state index >= 15 is 0 Å². The summed E-state index contributed by atoms with van der Waals surface area (Å²) in [5.41, 5.74) is 4.48. The lowest BCUT2D eigenvalue weighted by Crippen LogP contribution is -2.44. The van der Waals surface area contributed by atoms with E-state index in [0.717, 1.165) is 42.6 Å². The van der Waals surface area contributed by atoms with Crippen LogP contribution < -0.4 is 10.5 Å². The van der Waals surface area contributed by atoms with Gasteiger partial charge in [-0.05, 0) is 61.8 Å². The van der Waals surface area contributed by atoms with Crippen LogP contribution in [0.1, 0.15) is 24.0 Å². The normalized spacial score (nSPS) is 14.4. The molecule has 1 aliphatic heterocycles. The molecule has 0 unspecified atom stereocenters. The topological polar surface area (TPSA) is 61.5 Å². The first kappa shape index (κ1) is 24.6. The summed E-state index contributed by atoms with van der Waals surface area (Å²) in [5, 5.41) is 9.18. The van der Waals surface area contributed by atoms with Gasteiger partial charge in [0.05, 0.1) is 17.9 Å². The van der Waals surface area contributed by atoms with Gasteiger partial charge in [-0.2, -0.15) is 5.26 Å². The molecule has 2 aromatic carbocycles. The Hall–Kier alpha value is -3.47. The van der Waals surface area contributed by atoms with Crippen molar-refractivity contribution in [3.05, 3.63) is 75.8 Å². The van der Waals surface area contributed by atoms with Crippen molar-refractivity contribution in [3.63, 3.8) is 0 Å². The van der Waals surface area contributed by atoms with Crippen LogP contribution in [-0.2, 0) is 18.4 Å². The Balaban J connectivity index is 1.86. The van der Waals surface area contributed by atoms with Crippen LogP contribution in [0.4, 0.5) is 10.1 Å². The summed E-state index contributed by atoms with van der Waals surface area (Å²) in [4.78, 5) is 17.9. The number of aromatic nitrogens is 1. The number of methoxy groups -OCH3 is 1. The Kier molecular flexibility index (Phi) is 7.34. The number of pyridine rings is 1. The van der Waals surface area contributed by atoms with Gasteiger partial charge in [-0.1, -0.05) is 30.3 Å². The molecule has 1 aromatic heterocycles. The Bertz CT molecular complexity index is 1300. The molecule has 4 rings (SSSR count). The molecule has 7 heteroatoms. The number of ether oxygens (including phenoxy) is 1. The Morgan fingerprint density at radius 1 is 1.09 bits per heavy atom. The van der Waals surface area contributed by atoms with E-state index in [1.54, 1.807) is 24.8 Å². The molecule has 35 heavy (non-hydrogen) atoms. The van der Waals surface area contributed by atoms with E-state index in [-0.39, 0.29) is 11.1 Å². The van der Waals surface area contributed by atoms with Gasteiger partial charge >= 0.3 is 0 Å². The minimum atomic E-state index is -0.575. The molecule has 182 valence electrons. The molecule has 2 heterocycles. The molecule has 0 spiro atoms. The number of hydrogen-bond donors (Lipinski definition) is 0. The first-order valence-electron chi connectivity index (χ1n) is 11.8. The van der Waals surface area contributed by atoms with Crippen molar-refractivity contribution in [2.75, 3.05) is 39.2 Å². The third-order valence-corrected chi connectivity index (χ3v) is 6.87. The fraction of sp³-hybridized carbons (Fsp3) is 0.357. The molecule has 1 saturated heterocycles. The number of piperidine rings is 1. The van der Waals surface area contributed by atoms with E-state index in [0.29, 0.717) is 29.6 Å². The second-order valence-corrected chi connectivity index (χ2v) is 9.27. The number of hydrogen-bond acceptors (Lipinski definition) is 5. The van der Waals surface area contributed by atoms with Gasteiger partial charge < -0.3 is 19.1 Å². The molecular weight excluding hydrogens is 443 g/mol. The Labute approximate surface area is 205 Å². The summed E-state index contributed by atoms with van der Waals surface area (Å²) < 4.78 is 21.5. The fourth-order valence-corrected chi connectivity index (χ4v) is 4.84. The predicted molar refractivity (Wildman–Crippen MR) is 137 cm³/mol. The van der Waals surface area contributed by atoms with Crippen LogP contribution in [0.5, 0.6) is 0 Å². The van der Waals surface area contributed by atoms with Crippen LogP contribution in [0.3, 0.4) is 0 Å². The Morgan fingerprint density at radius 3 is 2.31 bits per heavy atom. The summed E-state index contributed by atoms with van der Waals surface area (Å²) in [5.74, 6) is -0.575. The van der Waals surface area contributed by atoms with E-state index in [1.165, 1.54) is 12.1 Å². The number of rotatable bonds is 6. The lowest BCUT2D eigenvalue weighted by molar-refractivity contribution is 0.185. The number of benzene rings is 2. The summed E-state index contributed by atoms with van der Waals surface area (Å²) in [6, 6.07) is 16.7. The molecule has 0 saturated carbocycles. The highest BCUT2D eigenvalue weighted by atomic mass is 19.1. The standard InChI is InChI=1S/C28H31FN4O2/c1-31(2)23-11-13-33(14-12-23)26-16-24(21-9-10-22(17-30)25(29)15-21)27(32(3)28(26)34)20-7-5-19(6-8-20)18-35-4/h5-10,15-16,23H,11-14,18H2,1-4H3. The third kappa shape index (κ3) is 5.00. The van der Waals surface area contributed by atoms with Crippen LogP contribution in [-0.4, -0.2) is 49.8 Å². The molecule has 0 amide bonds. The first-order valence-corrected chi connectivity index (χ1v) is 11.8. The van der Waals surface area contributed by atoms with Crippen LogP contribution in [0.2, 0.25) is 0 Å². The average Bonchev–Trinajstić information content (AvgIpc) is 2.86. The average molecular weight is 475 g/mol. The molecule has 6 nitrogen and oxygen atoms in total. The molecule has 3 aromatic rings. The minimum Gasteiger partial charge on any atom is -0.380 e. The molecule has 1 fully saturated rings. The predicted octanol–water partition coefficient (Wildman–Crippen LogP) is 4.41. The third-order valence-electron chi connectivity index (χ3n) is 6.87. The van der Waals surface area contributed by atoms with Gasteiger partial charge in [-0.25, -0.2) is 4.39 Å². The number of nitriles is 1. The zero-order chi connectivity index (χ0) is 25.1. The molecule has 0 bridgehead atoms. The van der Waals surface area contributed by atoms with Gasteiger partial charge in [0.2, 0.25) is 0 Å². The molecule has 0 radical (unpaired) electrons. The van der Waals surface area contributed by atoms with E-state index in [2.05, 4.69) is 23.9 Å². The molecule has 0 N–H and O–H groups in total. The van der Waals surface area contributed by atoms with Crippen molar-refractivity contribution in [1.29, 1.82) is 5.26 Å². The van der Waals surface area contributed by atoms with Gasteiger partial charge in [-0.3, -0.25) is 4.79 Å². The van der Waals surface area contributed by atoms with Crippen molar-refractivity contribution in [1.82, 2.24) is 9.47 Å². The zero-order valence-corrected chi connectivity index (χ0v) is 20.7. The highest BCUT2D eigenvalue weighted by molar-refractivity contribution is 5.84. The van der Waals surface area contributed by atoms with Gasteiger partial charge in [0, 0.05) is 38.9 Å². The highest BCUT2D eigenvalue weighted by Gasteiger charge is 2.25. The largest absolute Gasteiger partial charge is 0.380 e. The number of anilines is 1. The first-order chi connectivity index (χ1) is 16.8. The van der Waals surface area contributed by atoms with Crippen molar-refractivity contribution in [2.45, 2.75) is 25.5 Å². The van der Waals surface area contributed by atoms with E-state index in [9.17, 15) is 14.4 Å². The van der Waals surface area contributed by atoms with Crippen molar-refractivity contribution in [3.8, 4) is 28.5 Å². The maximum atomic E-state index is 14.6. The maximum absolute atomic E-state index is 14.6. The lowest BCUT2D eigenvalue weighted by Gasteiger charge is -2.36. The van der Waals surface area contributed by atoms with E-state index in [1.807, 2.05) is 36.4 Å². The molecular formula is C28H31FN4O2. The van der Waals surface area contributed by atoms with E-state index in [4.69, 9.17) is 4.74 Å². The monoisotopic (exact) mass is 474 g/mol. The van der Waals surface area contributed by atoms with Gasteiger partial charge in [0.25, 0.3) is 5.56 Å². The van der Waals surface area contributed by atoms with E-state index < -0.39 is 5.82 Å². The van der Waals surface area contributed by atoms with Gasteiger partial charge in [-0.15, -0.1) is 0 Å². The summed E-state index contributed by atoms with van der Waals surface area (Å²) in [7, 11) is 7.59.